The lowest BCUT2D eigenvalue weighted by Crippen LogP contribution is -2.44. The van der Waals surface area contributed by atoms with E-state index in [0.717, 1.165) is 56.9 Å². The summed E-state index contributed by atoms with van der Waals surface area (Å²) in [6.07, 6.45) is 11.3. The fourth-order valence-electron chi connectivity index (χ4n) is 4.45. The largest absolute Gasteiger partial charge is 0.431 e. The number of thioether (sulfide) groups is 1. The number of rotatable bonds is 7. The summed E-state index contributed by atoms with van der Waals surface area (Å²) in [7, 11) is 0. The molecule has 0 saturated heterocycles. The molecule has 1 unspecified atom stereocenters. The summed E-state index contributed by atoms with van der Waals surface area (Å²) in [6, 6.07) is 7.99. The topological polar surface area (TPSA) is 84.2 Å². The van der Waals surface area contributed by atoms with Crippen molar-refractivity contribution in [2.45, 2.75) is 93.2 Å². The first-order valence-electron chi connectivity index (χ1n) is 11.3. The average molecular weight is 430 g/mol. The van der Waals surface area contributed by atoms with Gasteiger partial charge < -0.3 is 15.1 Å². The smallest absolute Gasteiger partial charge is 0.257 e. The number of nitrogens with zero attached hydrogens (tertiary/aromatic N) is 1. The third-order valence-corrected chi connectivity index (χ3v) is 7.14. The third-order valence-electron chi connectivity index (χ3n) is 6.10. The summed E-state index contributed by atoms with van der Waals surface area (Å²) in [6.45, 7) is 0. The van der Waals surface area contributed by atoms with E-state index in [4.69, 9.17) is 4.42 Å². The van der Waals surface area contributed by atoms with Gasteiger partial charge in [0.1, 0.15) is 10.8 Å². The van der Waals surface area contributed by atoms with Gasteiger partial charge >= 0.3 is 0 Å². The van der Waals surface area contributed by atoms with Gasteiger partial charge in [0.2, 0.25) is 11.8 Å². The lowest BCUT2D eigenvalue weighted by molar-refractivity contribution is -0.126. The average Bonchev–Trinajstić information content (AvgIpc) is 3.17. The molecule has 2 aliphatic carbocycles. The van der Waals surface area contributed by atoms with Crippen molar-refractivity contribution in [3.05, 3.63) is 24.3 Å². The zero-order valence-corrected chi connectivity index (χ0v) is 18.2. The fourth-order valence-corrected chi connectivity index (χ4v) is 5.40. The number of oxazole rings is 1. The minimum Gasteiger partial charge on any atom is -0.431 e. The lowest BCUT2D eigenvalue weighted by atomic mass is 9.95. The van der Waals surface area contributed by atoms with Crippen molar-refractivity contribution in [2.24, 2.45) is 0 Å². The summed E-state index contributed by atoms with van der Waals surface area (Å²) in [5.41, 5.74) is 1.45. The normalized spacial score (nSPS) is 19.5. The summed E-state index contributed by atoms with van der Waals surface area (Å²) in [4.78, 5) is 30.3. The Balaban J connectivity index is 1.43. The molecular formula is C23H31N3O3S. The predicted molar refractivity (Wildman–Crippen MR) is 118 cm³/mol. The maximum atomic E-state index is 13.1. The molecule has 7 heteroatoms. The highest BCUT2D eigenvalue weighted by Crippen LogP contribution is 2.29. The van der Waals surface area contributed by atoms with Gasteiger partial charge in [-0.25, -0.2) is 4.98 Å². The Hall–Kier alpha value is -2.02. The highest BCUT2D eigenvalue weighted by atomic mass is 32.2. The highest BCUT2D eigenvalue weighted by Gasteiger charge is 2.29. The minimum atomic E-state index is -0.552. The number of carbonyl (C=O) groups excluding carboxylic acids is 2. The molecule has 4 rings (SSSR count). The Morgan fingerprint density at radius 1 is 0.967 bits per heavy atom. The molecule has 2 N–H and O–H groups in total. The van der Waals surface area contributed by atoms with Crippen LogP contribution in [0.3, 0.4) is 0 Å². The summed E-state index contributed by atoms with van der Waals surface area (Å²) < 4.78 is 5.81. The molecule has 2 amide bonds. The molecule has 0 spiro atoms. The maximum Gasteiger partial charge on any atom is 0.257 e. The fraction of sp³-hybridized carbons (Fsp3) is 0.609. The van der Waals surface area contributed by atoms with Crippen LogP contribution in [0.5, 0.6) is 0 Å². The Labute approximate surface area is 182 Å². The molecule has 1 atom stereocenters. The van der Waals surface area contributed by atoms with E-state index in [1.807, 2.05) is 24.3 Å². The van der Waals surface area contributed by atoms with E-state index in [0.29, 0.717) is 10.8 Å². The molecule has 1 heterocycles. The van der Waals surface area contributed by atoms with Crippen LogP contribution in [0.15, 0.2) is 33.9 Å². The van der Waals surface area contributed by atoms with Gasteiger partial charge in [-0.05, 0) is 37.8 Å². The zero-order chi connectivity index (χ0) is 20.8. The van der Waals surface area contributed by atoms with Gasteiger partial charge in [-0.15, -0.1) is 0 Å². The second kappa shape index (κ2) is 10.3. The van der Waals surface area contributed by atoms with Gasteiger partial charge in [0.15, 0.2) is 5.58 Å². The van der Waals surface area contributed by atoms with E-state index in [9.17, 15) is 9.59 Å². The lowest BCUT2D eigenvalue weighted by Gasteiger charge is -2.26. The standard InChI is InChI=1S/C23H31N3O3S/c27-21(24-16-9-3-1-4-10-16)15-20(22(28)25-17-11-5-2-6-12-17)30-23-26-18-13-7-8-14-19(18)29-23/h7-8,13-14,16-17,20H,1-6,9-12,15H2,(H,24,27)(H,25,28). The minimum absolute atomic E-state index is 0.0608. The Morgan fingerprint density at radius 3 is 2.27 bits per heavy atom. The molecule has 1 aromatic carbocycles. The van der Waals surface area contributed by atoms with Gasteiger partial charge in [-0.2, -0.15) is 0 Å². The van der Waals surface area contributed by atoms with E-state index in [2.05, 4.69) is 15.6 Å². The van der Waals surface area contributed by atoms with E-state index in [-0.39, 0.29) is 30.3 Å². The van der Waals surface area contributed by atoms with E-state index >= 15 is 0 Å². The van der Waals surface area contributed by atoms with E-state index < -0.39 is 5.25 Å². The van der Waals surface area contributed by atoms with Crippen LogP contribution in [0.4, 0.5) is 0 Å². The van der Waals surface area contributed by atoms with Crippen molar-refractivity contribution < 1.29 is 14.0 Å². The number of benzene rings is 1. The van der Waals surface area contributed by atoms with Crippen molar-refractivity contribution in [3.63, 3.8) is 0 Å². The SMILES string of the molecule is O=C(CC(Sc1nc2ccccc2o1)C(=O)NC1CCCCC1)NC1CCCCC1. The molecule has 2 aromatic rings. The van der Waals surface area contributed by atoms with Crippen molar-refractivity contribution in [3.8, 4) is 0 Å². The van der Waals surface area contributed by atoms with E-state index in [1.165, 1.54) is 24.6 Å². The summed E-state index contributed by atoms with van der Waals surface area (Å²) in [5.74, 6) is -0.151. The van der Waals surface area contributed by atoms with Crippen molar-refractivity contribution in [1.82, 2.24) is 15.6 Å². The molecule has 1 aromatic heterocycles. The first-order valence-corrected chi connectivity index (χ1v) is 12.2. The summed E-state index contributed by atoms with van der Waals surface area (Å²) >= 11 is 1.25. The van der Waals surface area contributed by atoms with Crippen LogP contribution in [0.2, 0.25) is 0 Å². The number of hydrogen-bond acceptors (Lipinski definition) is 5. The van der Waals surface area contributed by atoms with Gasteiger partial charge in [-0.1, -0.05) is 62.4 Å². The second-order valence-electron chi connectivity index (χ2n) is 8.50. The van der Waals surface area contributed by atoms with Crippen LogP contribution in [0.25, 0.3) is 11.1 Å². The number of fused-ring (bicyclic) bond motifs is 1. The first kappa shape index (κ1) is 21.2. The molecule has 6 nitrogen and oxygen atoms in total. The first-order chi connectivity index (χ1) is 14.7. The van der Waals surface area contributed by atoms with Crippen LogP contribution < -0.4 is 10.6 Å². The molecular weight excluding hydrogens is 398 g/mol. The van der Waals surface area contributed by atoms with Gasteiger partial charge in [0.05, 0.1) is 0 Å². The van der Waals surface area contributed by atoms with Gasteiger partial charge in [-0.3, -0.25) is 9.59 Å². The zero-order valence-electron chi connectivity index (χ0n) is 17.4. The Bertz CT molecular complexity index is 823. The van der Waals surface area contributed by atoms with Gasteiger partial charge in [0.25, 0.3) is 5.22 Å². The third kappa shape index (κ3) is 5.78. The van der Waals surface area contributed by atoms with Crippen LogP contribution in [-0.2, 0) is 9.59 Å². The number of carbonyl (C=O) groups is 2. The van der Waals surface area contributed by atoms with Crippen LogP contribution in [-0.4, -0.2) is 34.1 Å². The maximum absolute atomic E-state index is 13.1. The predicted octanol–water partition coefficient (Wildman–Crippen LogP) is 4.58. The number of amides is 2. The molecule has 2 fully saturated rings. The van der Waals surface area contributed by atoms with Crippen molar-refractivity contribution >= 4 is 34.7 Å². The molecule has 0 radical (unpaired) electrons. The molecule has 2 saturated carbocycles. The quantitative estimate of drug-likeness (QED) is 0.630. The molecule has 0 aliphatic heterocycles. The van der Waals surface area contributed by atoms with Crippen LogP contribution >= 0.6 is 11.8 Å². The number of para-hydroxylation sites is 2. The van der Waals surface area contributed by atoms with E-state index in [1.54, 1.807) is 0 Å². The summed E-state index contributed by atoms with van der Waals surface area (Å²) in [5, 5.41) is 6.19. The Morgan fingerprint density at radius 2 is 1.60 bits per heavy atom. The number of hydrogen-bond donors (Lipinski definition) is 2. The monoisotopic (exact) mass is 429 g/mol. The van der Waals surface area contributed by atoms with Crippen LogP contribution in [0, 0.1) is 0 Å². The van der Waals surface area contributed by atoms with Crippen molar-refractivity contribution in [1.29, 1.82) is 0 Å². The molecule has 162 valence electrons. The Kier molecular flexibility index (Phi) is 7.31. The highest BCUT2D eigenvalue weighted by molar-refractivity contribution is 8.00. The number of nitrogens with one attached hydrogen (secondary N) is 2. The second-order valence-corrected chi connectivity index (χ2v) is 9.66. The van der Waals surface area contributed by atoms with Crippen molar-refractivity contribution in [2.75, 3.05) is 0 Å². The van der Waals surface area contributed by atoms with Crippen LogP contribution in [0.1, 0.15) is 70.6 Å². The van der Waals surface area contributed by atoms with Gasteiger partial charge in [0, 0.05) is 18.5 Å². The molecule has 30 heavy (non-hydrogen) atoms. The molecule has 0 bridgehead atoms. The molecule has 2 aliphatic rings. The number of aromatic nitrogens is 1.